The first-order valence-electron chi connectivity index (χ1n) is 40.5. The van der Waals surface area contributed by atoms with Crippen LogP contribution in [0.15, 0.2) is 413 Å². The number of fused-ring (bicyclic) bond motifs is 17. The Hall–Kier alpha value is -15.4. The maximum Gasteiger partial charge on any atom is 0.125 e. The van der Waals surface area contributed by atoms with E-state index in [0.717, 1.165) is 133 Å². The van der Waals surface area contributed by atoms with Gasteiger partial charge in [0.2, 0.25) is 0 Å². The van der Waals surface area contributed by atoms with Gasteiger partial charge < -0.3 is 23.9 Å². The van der Waals surface area contributed by atoms with E-state index in [1.165, 1.54) is 87.2 Å². The molecule has 0 fully saturated rings. The van der Waals surface area contributed by atoms with Gasteiger partial charge in [-0.1, -0.05) is 266 Å². The van der Waals surface area contributed by atoms with Crippen LogP contribution in [0.3, 0.4) is 0 Å². The van der Waals surface area contributed by atoms with Gasteiger partial charge in [-0.25, -0.2) is 8.78 Å². The van der Waals surface area contributed by atoms with Crippen molar-refractivity contribution in [3.05, 3.63) is 435 Å². The average Bonchev–Trinajstić information content (AvgIpc) is 1.53. The van der Waals surface area contributed by atoms with Gasteiger partial charge in [-0.05, 0) is 258 Å². The molecule has 0 amide bonds. The third-order valence-corrected chi connectivity index (χ3v) is 24.0. The first-order chi connectivity index (χ1) is 58.6. The van der Waals surface area contributed by atoms with Crippen LogP contribution < -0.4 is 15.1 Å². The van der Waals surface area contributed by atoms with Gasteiger partial charge in [-0.15, -0.1) is 0 Å². The van der Waals surface area contributed by atoms with E-state index >= 15 is 4.39 Å². The number of aromatic nitrogens is 2. The standard InChI is InChI=1S/C66H42FN3.C24H16FN.C22H17N/c67-53-28-32-60-64(42-53)70-63-41-52-39-57(68(56-29-25-45-17-7-9-19-47(45)37-56)54-23-11-21-49(35-54)43-13-3-1-4-14-43)31-27-51(52)40-61(63)59-33-34-62(65(60)66(59)70)69(58-30-26-46-18-8-10-20-48(46)38-58)55-24-12-22-50(36-55)44-15-5-2-6-16-44;1-13-3-5-15-10-20-18-7-4-14(2)23-19-8-6-17(25)12-22(19)26(24(18)23)21(20)11-16(15)9-13;1-2-7-17(8-3-1)20-11-6-12-21(15-20)23-22-14-13-18-9-4-5-10-19(18)16-22/h1-42H;3-12H,1-2H3;1-16,23H. The molecule has 0 radical (unpaired) electrons. The quantitative estimate of drug-likeness (QED) is 0.140. The molecule has 0 aliphatic rings. The summed E-state index contributed by atoms with van der Waals surface area (Å²) in [5.41, 5.74) is 24.3. The van der Waals surface area contributed by atoms with Gasteiger partial charge in [-0.3, -0.25) is 0 Å². The lowest BCUT2D eigenvalue weighted by Crippen LogP contribution is -2.10. The van der Waals surface area contributed by atoms with Gasteiger partial charge in [0.1, 0.15) is 11.6 Å². The van der Waals surface area contributed by atoms with Crippen molar-refractivity contribution in [2.75, 3.05) is 15.1 Å². The minimum Gasteiger partial charge on any atom is -0.355 e. The van der Waals surface area contributed by atoms with E-state index in [-0.39, 0.29) is 11.6 Å². The van der Waals surface area contributed by atoms with E-state index in [0.29, 0.717) is 0 Å². The maximum absolute atomic E-state index is 15.7. The molecule has 119 heavy (non-hydrogen) atoms. The van der Waals surface area contributed by atoms with Crippen LogP contribution in [0.5, 0.6) is 0 Å². The zero-order valence-corrected chi connectivity index (χ0v) is 65.3. The second-order valence-corrected chi connectivity index (χ2v) is 31.3. The SMILES string of the molecule is Cc1ccc2cc3c4ccc(C)c5c6ccc(F)cc6n(c3cc2c1)c45.Fc1ccc2c3c(N(c4cccc(-c5ccccc5)c4)c4ccc5ccccc5c4)ccc4c5cc6ccc(N(c7cccc(-c8ccccc8)c7)c7ccc8ccccc8c7)cc6cc5n(c2c1)c43.c1ccc(-c2cccc(Nc3ccc4ccccc4c3)c2)cc1. The van der Waals surface area contributed by atoms with Crippen molar-refractivity contribution in [2.45, 2.75) is 13.8 Å². The summed E-state index contributed by atoms with van der Waals surface area (Å²) in [5.74, 6) is -0.460. The third-order valence-electron chi connectivity index (χ3n) is 24.0. The van der Waals surface area contributed by atoms with E-state index in [2.05, 4.69) is 408 Å². The van der Waals surface area contributed by atoms with Gasteiger partial charge in [-0.2, -0.15) is 0 Å². The molecule has 0 spiro atoms. The van der Waals surface area contributed by atoms with Gasteiger partial charge in [0.25, 0.3) is 0 Å². The summed E-state index contributed by atoms with van der Waals surface area (Å²) >= 11 is 0. The van der Waals surface area contributed by atoms with Gasteiger partial charge in [0.15, 0.2) is 0 Å². The van der Waals surface area contributed by atoms with Gasteiger partial charge in [0.05, 0.1) is 38.8 Å². The minimum atomic E-state index is -0.267. The molecule has 0 atom stereocenters. The van der Waals surface area contributed by atoms with E-state index in [9.17, 15) is 4.39 Å². The molecule has 0 bridgehead atoms. The molecule has 0 aliphatic heterocycles. The lowest BCUT2D eigenvalue weighted by atomic mass is 10.0. The molecule has 0 saturated carbocycles. The van der Waals surface area contributed by atoms with Crippen molar-refractivity contribution in [2.24, 2.45) is 0 Å². The van der Waals surface area contributed by atoms with E-state index in [1.807, 2.05) is 18.2 Å². The van der Waals surface area contributed by atoms with E-state index in [4.69, 9.17) is 0 Å². The molecule has 1 N–H and O–H groups in total. The highest BCUT2D eigenvalue weighted by molar-refractivity contribution is 6.29. The minimum absolute atomic E-state index is 0.194. The largest absolute Gasteiger partial charge is 0.355 e. The molecule has 4 aromatic heterocycles. The van der Waals surface area contributed by atoms with E-state index < -0.39 is 0 Å². The molecule has 20 aromatic carbocycles. The number of anilines is 8. The summed E-state index contributed by atoms with van der Waals surface area (Å²) in [7, 11) is 0. The molecule has 0 aliphatic carbocycles. The molecule has 24 rings (SSSR count). The van der Waals surface area contributed by atoms with E-state index in [1.54, 1.807) is 24.3 Å². The van der Waals surface area contributed by atoms with Crippen molar-refractivity contribution >= 4 is 176 Å². The zero-order valence-electron chi connectivity index (χ0n) is 65.3. The lowest BCUT2D eigenvalue weighted by molar-refractivity contribution is 0.629. The van der Waals surface area contributed by atoms with Crippen molar-refractivity contribution in [1.29, 1.82) is 0 Å². The summed E-state index contributed by atoms with van der Waals surface area (Å²) in [4.78, 5) is 4.74. The number of benzene rings is 20. The smallest absolute Gasteiger partial charge is 0.125 e. The van der Waals surface area contributed by atoms with Crippen LogP contribution in [0.2, 0.25) is 0 Å². The highest BCUT2D eigenvalue weighted by Crippen LogP contribution is 2.51. The summed E-state index contributed by atoms with van der Waals surface area (Å²) in [6.07, 6.45) is 0. The Morgan fingerprint density at radius 2 is 0.605 bits per heavy atom. The highest BCUT2D eigenvalue weighted by Gasteiger charge is 2.27. The van der Waals surface area contributed by atoms with Crippen molar-refractivity contribution in [3.63, 3.8) is 0 Å². The van der Waals surface area contributed by atoms with Gasteiger partial charge in [0, 0.05) is 82.9 Å². The number of halogens is 2. The molecule has 7 heteroatoms. The lowest BCUT2D eigenvalue weighted by Gasteiger charge is -2.27. The van der Waals surface area contributed by atoms with Crippen LogP contribution in [0.1, 0.15) is 11.1 Å². The normalized spacial score (nSPS) is 11.7. The predicted molar refractivity (Wildman–Crippen MR) is 501 cm³/mol. The second-order valence-electron chi connectivity index (χ2n) is 31.3. The van der Waals surface area contributed by atoms with Crippen LogP contribution in [0, 0.1) is 25.5 Å². The number of aryl methyl sites for hydroxylation is 2. The van der Waals surface area contributed by atoms with Crippen LogP contribution >= 0.6 is 0 Å². The maximum atomic E-state index is 15.7. The molecule has 4 heterocycles. The Kier molecular flexibility index (Phi) is 17.0. The molecular formula is C112H75F2N5. The van der Waals surface area contributed by atoms with Crippen LogP contribution in [-0.4, -0.2) is 8.80 Å². The Bertz CT molecular complexity index is 8090. The number of hydrogen-bond acceptors (Lipinski definition) is 3. The summed E-state index contributed by atoms with van der Waals surface area (Å²) in [5, 5.41) is 24.6. The Balaban J connectivity index is 0.000000140. The Morgan fingerprint density at radius 3 is 1.16 bits per heavy atom. The average molecular weight is 1530 g/mol. The first-order valence-corrected chi connectivity index (χ1v) is 40.5. The van der Waals surface area contributed by atoms with Crippen molar-refractivity contribution in [1.82, 2.24) is 8.80 Å². The number of rotatable bonds is 11. The first kappa shape index (κ1) is 70.2. The zero-order chi connectivity index (χ0) is 79.3. The van der Waals surface area contributed by atoms with Crippen LogP contribution in [0.25, 0.3) is 163 Å². The molecule has 5 nitrogen and oxygen atoms in total. The van der Waals surface area contributed by atoms with Crippen molar-refractivity contribution in [3.8, 4) is 33.4 Å². The van der Waals surface area contributed by atoms with Crippen LogP contribution in [-0.2, 0) is 0 Å². The Labute approximate surface area is 686 Å². The molecule has 0 saturated heterocycles. The van der Waals surface area contributed by atoms with Crippen LogP contribution in [0.4, 0.5) is 54.3 Å². The van der Waals surface area contributed by atoms with Crippen molar-refractivity contribution < 1.29 is 8.78 Å². The fraction of sp³-hybridized carbons (Fsp3) is 0.0179. The molecule has 562 valence electrons. The fourth-order valence-electron chi connectivity index (χ4n) is 18.4. The summed E-state index contributed by atoms with van der Waals surface area (Å²) < 4.78 is 34.4. The predicted octanol–water partition coefficient (Wildman–Crippen LogP) is 31.7. The topological polar surface area (TPSA) is 27.3 Å². The summed E-state index contributed by atoms with van der Waals surface area (Å²) in [6, 6.07) is 145. The fourth-order valence-corrected chi connectivity index (χ4v) is 18.4. The monoisotopic (exact) mass is 1530 g/mol. The Morgan fingerprint density at radius 1 is 0.227 bits per heavy atom. The third kappa shape index (κ3) is 12.5. The number of nitrogens with zero attached hydrogens (tertiary/aromatic N) is 4. The number of hydrogen-bond donors (Lipinski definition) is 1. The number of nitrogens with one attached hydrogen (secondary N) is 1. The highest BCUT2D eigenvalue weighted by atomic mass is 19.1. The summed E-state index contributed by atoms with van der Waals surface area (Å²) in [6.45, 7) is 4.25. The molecular weight excluding hydrogens is 1450 g/mol. The van der Waals surface area contributed by atoms with Gasteiger partial charge >= 0.3 is 0 Å². The second kappa shape index (κ2) is 28.8. The molecule has 24 aromatic rings. The molecule has 0 unspecified atom stereocenters.